The minimum Gasteiger partial charge on any atom is -0.371 e. The number of Topliss-reactive ketones (excluding diaryl/α,β-unsaturated/α-hetero) is 1. The van der Waals surface area contributed by atoms with Crippen LogP contribution in [0.1, 0.15) is 36.9 Å². The maximum absolute atomic E-state index is 13.5. The highest BCUT2D eigenvalue weighted by molar-refractivity contribution is 9.10. The lowest BCUT2D eigenvalue weighted by Crippen LogP contribution is -2.49. The van der Waals surface area contributed by atoms with Crippen molar-refractivity contribution in [1.82, 2.24) is 15.2 Å². The maximum atomic E-state index is 13.5. The summed E-state index contributed by atoms with van der Waals surface area (Å²) in [5.41, 5.74) is 3.44. The summed E-state index contributed by atoms with van der Waals surface area (Å²) in [5.74, 6) is -0.932. The Morgan fingerprint density at radius 1 is 1.19 bits per heavy atom. The lowest BCUT2D eigenvalue weighted by Gasteiger charge is -2.36. The molecule has 1 aliphatic carbocycles. The zero-order valence-electron chi connectivity index (χ0n) is 17.3. The Morgan fingerprint density at radius 3 is 2.77 bits per heavy atom. The number of fused-ring (bicyclic) bond motifs is 3. The fourth-order valence-corrected chi connectivity index (χ4v) is 5.58. The van der Waals surface area contributed by atoms with Gasteiger partial charge in [0.15, 0.2) is 5.78 Å². The van der Waals surface area contributed by atoms with E-state index in [1.807, 2.05) is 11.0 Å². The quantitative estimate of drug-likeness (QED) is 0.695. The number of aromatic amines is 1. The van der Waals surface area contributed by atoms with Crippen LogP contribution < -0.4 is 5.32 Å². The highest BCUT2D eigenvalue weighted by atomic mass is 79.9. The average molecular weight is 488 g/mol. The topological polar surface area (TPSA) is 91.5 Å². The van der Waals surface area contributed by atoms with Crippen LogP contribution in [0.25, 0.3) is 10.9 Å². The zero-order valence-corrected chi connectivity index (χ0v) is 18.9. The summed E-state index contributed by atoms with van der Waals surface area (Å²) in [4.78, 5) is 43.8. The molecular weight excluding hydrogens is 462 g/mol. The standard InChI is InChI=1S/C23H26BrN3O4/c24-13-5-6-18-16(9-13)17-10-27(8-7-19(17)25-18)23(30)15-4-2-1-3-14(15)22(29)26-20-11-31-12-21(20)28/h5-6,9,14-15,20,25H,1-4,7-8,10-12H2,(H,26,29). The number of ketones is 1. The third kappa shape index (κ3) is 3.91. The van der Waals surface area contributed by atoms with Crippen LogP contribution in [0, 0.1) is 11.8 Å². The number of nitrogens with zero attached hydrogens (tertiary/aromatic N) is 1. The van der Waals surface area contributed by atoms with Gasteiger partial charge in [0.1, 0.15) is 12.6 Å². The molecule has 8 heteroatoms. The Bertz CT molecular complexity index is 1050. The summed E-state index contributed by atoms with van der Waals surface area (Å²) in [7, 11) is 0. The molecule has 3 unspecified atom stereocenters. The predicted molar refractivity (Wildman–Crippen MR) is 118 cm³/mol. The van der Waals surface area contributed by atoms with Crippen LogP contribution in [0.5, 0.6) is 0 Å². The molecule has 1 aromatic heterocycles. The van der Waals surface area contributed by atoms with Crippen LogP contribution in [0.15, 0.2) is 22.7 Å². The lowest BCUT2D eigenvalue weighted by molar-refractivity contribution is -0.144. The third-order valence-electron chi connectivity index (χ3n) is 6.90. The molecule has 0 bridgehead atoms. The minimum atomic E-state index is -0.576. The number of ether oxygens (including phenoxy) is 1. The summed E-state index contributed by atoms with van der Waals surface area (Å²) in [6.07, 6.45) is 4.06. The normalized spacial score (nSPS) is 26.2. The molecule has 2 aliphatic heterocycles. The number of H-pyrrole nitrogens is 1. The van der Waals surface area contributed by atoms with E-state index in [-0.39, 0.29) is 42.6 Å². The molecule has 2 fully saturated rings. The fraction of sp³-hybridized carbons (Fsp3) is 0.522. The molecule has 1 saturated heterocycles. The first-order chi connectivity index (χ1) is 15.0. The minimum absolute atomic E-state index is 0.0504. The molecule has 2 aromatic rings. The van der Waals surface area contributed by atoms with E-state index in [1.165, 1.54) is 11.3 Å². The van der Waals surface area contributed by atoms with Crippen LogP contribution in [0.3, 0.4) is 0 Å². The number of hydrogen-bond donors (Lipinski definition) is 2. The van der Waals surface area contributed by atoms with Crippen LogP contribution in [0.2, 0.25) is 0 Å². The van der Waals surface area contributed by atoms with Crippen molar-refractivity contribution in [2.24, 2.45) is 11.8 Å². The molecule has 2 amide bonds. The van der Waals surface area contributed by atoms with Gasteiger partial charge in [-0.25, -0.2) is 0 Å². The van der Waals surface area contributed by atoms with Gasteiger partial charge in [0.25, 0.3) is 0 Å². The summed E-state index contributed by atoms with van der Waals surface area (Å²) >= 11 is 3.54. The van der Waals surface area contributed by atoms with Gasteiger partial charge in [-0.15, -0.1) is 0 Å². The summed E-state index contributed by atoms with van der Waals surface area (Å²) in [6, 6.07) is 5.58. The highest BCUT2D eigenvalue weighted by Gasteiger charge is 2.40. The molecule has 7 nitrogen and oxygen atoms in total. The van der Waals surface area contributed by atoms with E-state index in [0.29, 0.717) is 19.5 Å². The predicted octanol–water partition coefficient (Wildman–Crippen LogP) is 2.71. The zero-order chi connectivity index (χ0) is 21.5. The van der Waals surface area contributed by atoms with Gasteiger partial charge in [-0.1, -0.05) is 28.8 Å². The van der Waals surface area contributed by atoms with E-state index in [9.17, 15) is 14.4 Å². The Balaban J connectivity index is 1.33. The molecule has 31 heavy (non-hydrogen) atoms. The number of halogens is 1. The molecule has 1 saturated carbocycles. The summed E-state index contributed by atoms with van der Waals surface area (Å²) < 4.78 is 6.16. The van der Waals surface area contributed by atoms with E-state index in [4.69, 9.17) is 4.74 Å². The fourth-order valence-electron chi connectivity index (χ4n) is 5.22. The van der Waals surface area contributed by atoms with Gasteiger partial charge in [0.05, 0.1) is 6.61 Å². The second-order valence-corrected chi connectivity index (χ2v) is 9.74. The van der Waals surface area contributed by atoms with Crippen molar-refractivity contribution >= 4 is 44.4 Å². The molecule has 2 N–H and O–H groups in total. The van der Waals surface area contributed by atoms with Gasteiger partial charge >= 0.3 is 0 Å². The van der Waals surface area contributed by atoms with E-state index in [0.717, 1.165) is 41.1 Å². The Kier molecular flexibility index (Phi) is 5.60. The first kappa shape index (κ1) is 20.7. The third-order valence-corrected chi connectivity index (χ3v) is 7.40. The molecule has 3 atom stereocenters. The SMILES string of the molecule is O=C1COCC1NC(=O)C1CCCCC1C(=O)N1CCc2[nH]c3ccc(Br)cc3c2C1. The Labute approximate surface area is 189 Å². The van der Waals surface area contributed by atoms with Gasteiger partial charge in [-0.3, -0.25) is 14.4 Å². The van der Waals surface area contributed by atoms with Gasteiger partial charge in [0, 0.05) is 58.0 Å². The summed E-state index contributed by atoms with van der Waals surface area (Å²) in [6.45, 7) is 1.49. The van der Waals surface area contributed by atoms with Crippen molar-refractivity contribution in [3.05, 3.63) is 33.9 Å². The lowest BCUT2D eigenvalue weighted by atomic mass is 9.77. The van der Waals surface area contributed by atoms with E-state index >= 15 is 0 Å². The van der Waals surface area contributed by atoms with Crippen molar-refractivity contribution in [2.45, 2.75) is 44.7 Å². The second kappa shape index (κ2) is 8.39. The van der Waals surface area contributed by atoms with E-state index < -0.39 is 6.04 Å². The van der Waals surface area contributed by atoms with Gasteiger partial charge in [-0.2, -0.15) is 0 Å². The van der Waals surface area contributed by atoms with E-state index in [2.05, 4.69) is 38.4 Å². The van der Waals surface area contributed by atoms with Crippen LogP contribution in [-0.4, -0.2) is 53.3 Å². The van der Waals surface area contributed by atoms with Crippen molar-refractivity contribution in [1.29, 1.82) is 0 Å². The molecule has 3 heterocycles. The molecule has 3 aliphatic rings. The molecular formula is C23H26BrN3O4. The number of hydrogen-bond acceptors (Lipinski definition) is 4. The molecule has 0 spiro atoms. The van der Waals surface area contributed by atoms with Crippen molar-refractivity contribution in [2.75, 3.05) is 19.8 Å². The smallest absolute Gasteiger partial charge is 0.226 e. The van der Waals surface area contributed by atoms with Crippen LogP contribution in [-0.2, 0) is 32.1 Å². The average Bonchev–Trinajstić information content (AvgIpc) is 3.35. The second-order valence-electron chi connectivity index (χ2n) is 8.82. The number of benzene rings is 1. The number of aromatic nitrogens is 1. The Morgan fingerprint density at radius 2 is 2.00 bits per heavy atom. The van der Waals surface area contributed by atoms with Gasteiger partial charge in [0.2, 0.25) is 11.8 Å². The van der Waals surface area contributed by atoms with Crippen LogP contribution in [0.4, 0.5) is 0 Å². The maximum Gasteiger partial charge on any atom is 0.226 e. The molecule has 5 rings (SSSR count). The Hall–Kier alpha value is -2.19. The molecule has 0 radical (unpaired) electrons. The molecule has 1 aromatic carbocycles. The number of carbonyl (C=O) groups excluding carboxylic acids is 3. The monoisotopic (exact) mass is 487 g/mol. The van der Waals surface area contributed by atoms with Crippen molar-refractivity contribution < 1.29 is 19.1 Å². The first-order valence-corrected chi connectivity index (χ1v) is 11.8. The summed E-state index contributed by atoms with van der Waals surface area (Å²) in [5, 5.41) is 3.97. The first-order valence-electron chi connectivity index (χ1n) is 11.0. The number of nitrogens with one attached hydrogen (secondary N) is 2. The van der Waals surface area contributed by atoms with Gasteiger partial charge in [-0.05, 0) is 31.0 Å². The number of amides is 2. The number of carbonyl (C=O) groups is 3. The van der Waals surface area contributed by atoms with Crippen molar-refractivity contribution in [3.63, 3.8) is 0 Å². The molecule has 164 valence electrons. The number of rotatable bonds is 3. The largest absolute Gasteiger partial charge is 0.371 e. The van der Waals surface area contributed by atoms with E-state index in [1.54, 1.807) is 0 Å². The highest BCUT2D eigenvalue weighted by Crippen LogP contribution is 2.35. The van der Waals surface area contributed by atoms with Gasteiger partial charge < -0.3 is 19.9 Å². The van der Waals surface area contributed by atoms with Crippen molar-refractivity contribution in [3.8, 4) is 0 Å². The van der Waals surface area contributed by atoms with Crippen LogP contribution >= 0.6 is 15.9 Å².